The highest BCUT2D eigenvalue weighted by atomic mass is 35.5. The van der Waals surface area contributed by atoms with Crippen molar-refractivity contribution in [1.29, 1.82) is 0 Å². The summed E-state index contributed by atoms with van der Waals surface area (Å²) < 4.78 is 5.46. The summed E-state index contributed by atoms with van der Waals surface area (Å²) in [7, 11) is 0. The zero-order valence-electron chi connectivity index (χ0n) is 9.02. The molecule has 0 saturated heterocycles. The molecule has 0 aliphatic carbocycles. The average Bonchev–Trinajstić information content (AvgIpc) is 2.76. The summed E-state index contributed by atoms with van der Waals surface area (Å²) in [5, 5.41) is 11.5. The van der Waals surface area contributed by atoms with Gasteiger partial charge in [-0.2, -0.15) is 0 Å². The Hall–Kier alpha value is -1.23. The lowest BCUT2D eigenvalue weighted by Gasteiger charge is -2.06. The lowest BCUT2D eigenvalue weighted by Crippen LogP contribution is -1.95. The highest BCUT2D eigenvalue weighted by Crippen LogP contribution is 2.25. The van der Waals surface area contributed by atoms with E-state index in [-0.39, 0.29) is 11.5 Å². The predicted octanol–water partition coefficient (Wildman–Crippen LogP) is 4.33. The standard InChI is InChI=1S/C12H8Cl2O3S/c13-8-2-1-7(10(14)3-8)5-17-9-4-11(12(15)16)18-6-9/h1-4,6H,5H2,(H,15,16). The fourth-order valence-electron chi connectivity index (χ4n) is 1.31. The van der Waals surface area contributed by atoms with Crippen LogP contribution in [0.2, 0.25) is 10.0 Å². The van der Waals surface area contributed by atoms with Crippen molar-refractivity contribution in [3.63, 3.8) is 0 Å². The van der Waals surface area contributed by atoms with Gasteiger partial charge in [0.15, 0.2) is 0 Å². The van der Waals surface area contributed by atoms with Crippen LogP contribution >= 0.6 is 34.5 Å². The van der Waals surface area contributed by atoms with Gasteiger partial charge in [0.2, 0.25) is 0 Å². The summed E-state index contributed by atoms with van der Waals surface area (Å²) in [5.41, 5.74) is 0.796. The number of carboxylic acid groups (broad SMARTS) is 1. The smallest absolute Gasteiger partial charge is 0.346 e. The van der Waals surface area contributed by atoms with Gasteiger partial charge in [-0.3, -0.25) is 0 Å². The fraction of sp³-hybridized carbons (Fsp3) is 0.0833. The molecule has 0 atom stereocenters. The number of benzene rings is 1. The number of hydrogen-bond acceptors (Lipinski definition) is 3. The first-order valence-corrected chi connectivity index (χ1v) is 6.58. The van der Waals surface area contributed by atoms with Crippen molar-refractivity contribution in [2.24, 2.45) is 0 Å². The molecule has 1 aromatic carbocycles. The minimum atomic E-state index is -0.959. The van der Waals surface area contributed by atoms with Crippen LogP contribution in [0.25, 0.3) is 0 Å². The van der Waals surface area contributed by atoms with E-state index in [4.69, 9.17) is 33.0 Å². The summed E-state index contributed by atoms with van der Waals surface area (Å²) in [5.74, 6) is -0.442. The topological polar surface area (TPSA) is 46.5 Å². The molecule has 94 valence electrons. The van der Waals surface area contributed by atoms with Crippen LogP contribution in [0.3, 0.4) is 0 Å². The van der Waals surface area contributed by atoms with Crippen molar-refractivity contribution in [3.05, 3.63) is 50.1 Å². The second-order valence-corrected chi connectivity index (χ2v) is 5.23. The highest BCUT2D eigenvalue weighted by molar-refractivity contribution is 7.12. The Morgan fingerprint density at radius 2 is 2.11 bits per heavy atom. The molecule has 0 spiro atoms. The van der Waals surface area contributed by atoms with Crippen LogP contribution in [0.15, 0.2) is 29.6 Å². The molecule has 18 heavy (non-hydrogen) atoms. The van der Waals surface area contributed by atoms with Gasteiger partial charge in [0.1, 0.15) is 17.2 Å². The maximum atomic E-state index is 10.7. The molecule has 3 nitrogen and oxygen atoms in total. The van der Waals surface area contributed by atoms with Gasteiger partial charge in [0.05, 0.1) is 0 Å². The third-order valence-electron chi connectivity index (χ3n) is 2.20. The largest absolute Gasteiger partial charge is 0.488 e. The molecule has 1 heterocycles. The van der Waals surface area contributed by atoms with Gasteiger partial charge in [0.25, 0.3) is 0 Å². The molecule has 2 rings (SSSR count). The monoisotopic (exact) mass is 302 g/mol. The minimum absolute atomic E-state index is 0.243. The van der Waals surface area contributed by atoms with Crippen molar-refractivity contribution < 1.29 is 14.6 Å². The van der Waals surface area contributed by atoms with Crippen LogP contribution in [-0.2, 0) is 6.61 Å². The Kier molecular flexibility index (Phi) is 4.11. The first-order chi connectivity index (χ1) is 8.56. The van der Waals surface area contributed by atoms with E-state index in [0.717, 1.165) is 16.9 Å². The third kappa shape index (κ3) is 3.16. The van der Waals surface area contributed by atoms with Gasteiger partial charge in [-0.15, -0.1) is 11.3 Å². The first-order valence-electron chi connectivity index (χ1n) is 4.95. The molecule has 1 N–H and O–H groups in total. The summed E-state index contributed by atoms with van der Waals surface area (Å²) in [4.78, 5) is 10.9. The number of halogens is 2. The van der Waals surface area contributed by atoms with E-state index in [2.05, 4.69) is 0 Å². The molecule has 0 amide bonds. The van der Waals surface area contributed by atoms with Crippen molar-refractivity contribution in [1.82, 2.24) is 0 Å². The van der Waals surface area contributed by atoms with Gasteiger partial charge in [-0.25, -0.2) is 4.79 Å². The highest BCUT2D eigenvalue weighted by Gasteiger charge is 2.08. The molecule has 6 heteroatoms. The SMILES string of the molecule is O=C(O)c1cc(OCc2ccc(Cl)cc2Cl)cs1. The molecule has 0 fully saturated rings. The Morgan fingerprint density at radius 3 is 2.72 bits per heavy atom. The number of carboxylic acids is 1. The molecular formula is C12H8Cl2O3S. The number of hydrogen-bond donors (Lipinski definition) is 1. The van der Waals surface area contributed by atoms with E-state index >= 15 is 0 Å². The molecule has 0 radical (unpaired) electrons. The molecule has 1 aromatic heterocycles. The van der Waals surface area contributed by atoms with Crippen LogP contribution in [0.1, 0.15) is 15.2 Å². The second-order valence-electron chi connectivity index (χ2n) is 3.48. The Bertz CT molecular complexity index is 580. The van der Waals surface area contributed by atoms with Crippen LogP contribution in [0.5, 0.6) is 5.75 Å². The second kappa shape index (κ2) is 5.61. The number of ether oxygens (including phenoxy) is 1. The molecule has 0 aliphatic rings. The molecular weight excluding hydrogens is 295 g/mol. The lowest BCUT2D eigenvalue weighted by molar-refractivity contribution is 0.0702. The van der Waals surface area contributed by atoms with Crippen LogP contribution in [0.4, 0.5) is 0 Å². The normalized spacial score (nSPS) is 10.3. The van der Waals surface area contributed by atoms with E-state index in [1.54, 1.807) is 23.6 Å². The fourth-order valence-corrected chi connectivity index (χ4v) is 2.43. The zero-order chi connectivity index (χ0) is 13.1. The van der Waals surface area contributed by atoms with E-state index in [9.17, 15) is 4.79 Å². The van der Waals surface area contributed by atoms with Gasteiger partial charge in [-0.05, 0) is 12.1 Å². The molecule has 0 unspecified atom stereocenters. The van der Waals surface area contributed by atoms with Crippen LogP contribution in [0, 0.1) is 0 Å². The first kappa shape index (κ1) is 13.2. The van der Waals surface area contributed by atoms with Crippen molar-refractivity contribution >= 4 is 40.5 Å². The van der Waals surface area contributed by atoms with Crippen LogP contribution < -0.4 is 4.74 Å². The lowest BCUT2D eigenvalue weighted by atomic mass is 10.2. The Balaban J connectivity index is 2.04. The molecule has 0 aliphatic heterocycles. The van der Waals surface area contributed by atoms with Crippen molar-refractivity contribution in [2.45, 2.75) is 6.61 Å². The Morgan fingerprint density at radius 1 is 1.33 bits per heavy atom. The zero-order valence-corrected chi connectivity index (χ0v) is 11.4. The summed E-state index contributed by atoms with van der Waals surface area (Å²) in [6.45, 7) is 0.270. The molecule has 0 bridgehead atoms. The summed E-state index contributed by atoms with van der Waals surface area (Å²) >= 11 is 12.9. The minimum Gasteiger partial charge on any atom is -0.488 e. The number of thiophene rings is 1. The number of rotatable bonds is 4. The van der Waals surface area contributed by atoms with Gasteiger partial charge in [0, 0.05) is 27.1 Å². The van der Waals surface area contributed by atoms with Crippen LogP contribution in [-0.4, -0.2) is 11.1 Å². The maximum absolute atomic E-state index is 10.7. The van der Waals surface area contributed by atoms with Gasteiger partial charge < -0.3 is 9.84 Å². The average molecular weight is 303 g/mol. The quantitative estimate of drug-likeness (QED) is 0.914. The maximum Gasteiger partial charge on any atom is 0.346 e. The van der Waals surface area contributed by atoms with Gasteiger partial charge in [-0.1, -0.05) is 29.3 Å². The number of aromatic carboxylic acids is 1. The molecule has 2 aromatic rings. The van der Waals surface area contributed by atoms with Crippen molar-refractivity contribution in [2.75, 3.05) is 0 Å². The van der Waals surface area contributed by atoms with E-state index in [0.29, 0.717) is 15.8 Å². The van der Waals surface area contributed by atoms with E-state index in [1.807, 2.05) is 0 Å². The predicted molar refractivity (Wildman–Crippen MR) is 72.1 cm³/mol. The Labute approximate surface area is 118 Å². The van der Waals surface area contributed by atoms with Gasteiger partial charge >= 0.3 is 5.97 Å². The van der Waals surface area contributed by atoms with E-state index in [1.165, 1.54) is 6.07 Å². The number of carbonyl (C=O) groups is 1. The van der Waals surface area contributed by atoms with E-state index < -0.39 is 5.97 Å². The van der Waals surface area contributed by atoms with Crippen molar-refractivity contribution in [3.8, 4) is 5.75 Å². The summed E-state index contributed by atoms with van der Waals surface area (Å²) in [6.07, 6.45) is 0. The summed E-state index contributed by atoms with van der Waals surface area (Å²) in [6, 6.07) is 6.62. The third-order valence-corrected chi connectivity index (χ3v) is 3.68. The molecule has 0 saturated carbocycles.